The zero-order valence-corrected chi connectivity index (χ0v) is 18.8. The number of thiophene rings is 1. The van der Waals surface area contributed by atoms with Gasteiger partial charge in [-0.2, -0.15) is 0 Å². The first-order valence-corrected chi connectivity index (χ1v) is 11.1. The van der Waals surface area contributed by atoms with Gasteiger partial charge in [0.1, 0.15) is 15.7 Å². The molecule has 2 aromatic heterocycles. The maximum absolute atomic E-state index is 12.5. The van der Waals surface area contributed by atoms with E-state index in [2.05, 4.69) is 38.3 Å². The Labute approximate surface area is 178 Å². The van der Waals surface area contributed by atoms with Crippen LogP contribution in [0.3, 0.4) is 0 Å². The molecule has 152 valence electrons. The van der Waals surface area contributed by atoms with E-state index in [4.69, 9.17) is 9.97 Å². The second kappa shape index (κ2) is 8.92. The summed E-state index contributed by atoms with van der Waals surface area (Å²) >= 11 is 3.11. The van der Waals surface area contributed by atoms with Crippen LogP contribution in [-0.4, -0.2) is 27.5 Å². The van der Waals surface area contributed by atoms with Gasteiger partial charge < -0.3 is 10.6 Å². The lowest BCUT2D eigenvalue weighted by Gasteiger charge is -2.10. The average Bonchev–Trinajstić information content (AvgIpc) is 2.95. The van der Waals surface area contributed by atoms with Gasteiger partial charge in [-0.1, -0.05) is 25.6 Å². The number of rotatable bonds is 6. The highest BCUT2D eigenvalue weighted by Gasteiger charge is 2.17. The number of fused-ring (bicyclic) bond motifs is 1. The highest BCUT2D eigenvalue weighted by atomic mass is 32.2. The first-order valence-electron chi connectivity index (χ1n) is 9.32. The SMILES string of the molecule is CC(=O)Nc1ccc(NC(=O)CSc2nc(C(C)C)nc3sc(C)c(C)c23)cc1. The van der Waals surface area contributed by atoms with Crippen LogP contribution in [0.1, 0.15) is 43.0 Å². The van der Waals surface area contributed by atoms with Gasteiger partial charge in [-0.3, -0.25) is 9.59 Å². The molecule has 0 radical (unpaired) electrons. The Bertz CT molecular complexity index is 1060. The van der Waals surface area contributed by atoms with E-state index in [0.717, 1.165) is 21.1 Å². The van der Waals surface area contributed by atoms with Crippen LogP contribution >= 0.6 is 23.1 Å². The summed E-state index contributed by atoms with van der Waals surface area (Å²) in [5.74, 6) is 1.04. The van der Waals surface area contributed by atoms with E-state index in [1.807, 2.05) is 0 Å². The first kappa shape index (κ1) is 21.3. The molecule has 0 aliphatic heterocycles. The minimum Gasteiger partial charge on any atom is -0.326 e. The van der Waals surface area contributed by atoms with Crippen molar-refractivity contribution in [3.63, 3.8) is 0 Å². The zero-order chi connectivity index (χ0) is 21.1. The quantitative estimate of drug-likeness (QED) is 0.420. The predicted octanol–water partition coefficient (Wildman–Crippen LogP) is 5.12. The molecule has 2 heterocycles. The minimum absolute atomic E-state index is 0.107. The van der Waals surface area contributed by atoms with Crippen molar-refractivity contribution in [3.8, 4) is 0 Å². The van der Waals surface area contributed by atoms with Crippen LogP contribution in [0, 0.1) is 13.8 Å². The smallest absolute Gasteiger partial charge is 0.234 e. The summed E-state index contributed by atoms with van der Waals surface area (Å²) in [5.41, 5.74) is 2.55. The van der Waals surface area contributed by atoms with Crippen LogP contribution < -0.4 is 10.6 Å². The molecule has 0 fully saturated rings. The molecule has 0 atom stereocenters. The van der Waals surface area contributed by atoms with E-state index in [0.29, 0.717) is 11.4 Å². The molecule has 6 nitrogen and oxygen atoms in total. The van der Waals surface area contributed by atoms with Gasteiger partial charge in [-0.05, 0) is 43.7 Å². The Morgan fingerprint density at radius 3 is 2.28 bits per heavy atom. The summed E-state index contributed by atoms with van der Waals surface area (Å²) in [6.45, 7) is 9.76. The molecule has 2 amide bonds. The van der Waals surface area contributed by atoms with Crippen LogP contribution in [0.25, 0.3) is 10.2 Å². The lowest BCUT2D eigenvalue weighted by atomic mass is 10.2. The predicted molar refractivity (Wildman–Crippen MR) is 121 cm³/mol. The molecule has 0 saturated heterocycles. The Morgan fingerprint density at radius 1 is 1.07 bits per heavy atom. The van der Waals surface area contributed by atoms with Gasteiger partial charge in [-0.15, -0.1) is 11.3 Å². The summed E-state index contributed by atoms with van der Waals surface area (Å²) < 4.78 is 0. The molecule has 29 heavy (non-hydrogen) atoms. The number of hydrogen-bond donors (Lipinski definition) is 2. The second-order valence-corrected chi connectivity index (χ2v) is 9.27. The van der Waals surface area contributed by atoms with Crippen molar-refractivity contribution in [2.24, 2.45) is 0 Å². The standard InChI is InChI=1S/C21H24N4O2S2/c1-11(2)19-24-20(18-12(3)13(4)29-21(18)25-19)28-10-17(27)23-16-8-6-15(7-9-16)22-14(5)26/h6-9,11H,10H2,1-5H3,(H,22,26)(H,23,27). The third-order valence-corrected chi connectivity index (χ3v) is 6.43. The molecule has 3 rings (SSSR count). The molecule has 8 heteroatoms. The molecule has 0 unspecified atom stereocenters. The molecule has 0 saturated carbocycles. The molecule has 0 aliphatic rings. The molecule has 2 N–H and O–H groups in total. The Balaban J connectivity index is 1.72. The normalized spacial score (nSPS) is 11.1. The maximum atomic E-state index is 12.5. The number of nitrogens with zero attached hydrogens (tertiary/aromatic N) is 2. The second-order valence-electron chi connectivity index (χ2n) is 7.10. The van der Waals surface area contributed by atoms with Crippen molar-refractivity contribution >= 4 is 56.5 Å². The fourth-order valence-corrected chi connectivity index (χ4v) is 4.76. The number of thioether (sulfide) groups is 1. The summed E-state index contributed by atoms with van der Waals surface area (Å²) in [5, 5.41) is 7.49. The molecular weight excluding hydrogens is 404 g/mol. The molecule has 3 aromatic rings. The molecule has 0 spiro atoms. The van der Waals surface area contributed by atoms with Gasteiger partial charge in [0.2, 0.25) is 11.8 Å². The van der Waals surface area contributed by atoms with Gasteiger partial charge in [0.05, 0.1) is 5.75 Å². The van der Waals surface area contributed by atoms with Crippen LogP contribution in [0.2, 0.25) is 0 Å². The Morgan fingerprint density at radius 2 is 1.69 bits per heavy atom. The van der Waals surface area contributed by atoms with E-state index >= 15 is 0 Å². The molecule has 1 aromatic carbocycles. The summed E-state index contributed by atoms with van der Waals surface area (Å²) in [4.78, 5) is 35.2. The number of nitrogens with one attached hydrogen (secondary N) is 2. The Hall–Kier alpha value is -2.45. The van der Waals surface area contributed by atoms with Crippen molar-refractivity contribution in [2.45, 2.75) is 45.6 Å². The van der Waals surface area contributed by atoms with E-state index in [9.17, 15) is 9.59 Å². The van der Waals surface area contributed by atoms with E-state index in [1.165, 1.54) is 29.1 Å². The summed E-state index contributed by atoms with van der Waals surface area (Å²) in [6, 6.07) is 7.04. The lowest BCUT2D eigenvalue weighted by Crippen LogP contribution is -2.14. The number of anilines is 2. The third-order valence-electron chi connectivity index (χ3n) is 4.36. The number of amides is 2. The third kappa shape index (κ3) is 5.13. The van der Waals surface area contributed by atoms with Gasteiger partial charge in [0, 0.05) is 34.5 Å². The Kier molecular flexibility index (Phi) is 6.54. The van der Waals surface area contributed by atoms with Crippen molar-refractivity contribution in [2.75, 3.05) is 16.4 Å². The molecular formula is C21H24N4O2S2. The average molecular weight is 429 g/mol. The monoisotopic (exact) mass is 428 g/mol. The van der Waals surface area contributed by atoms with Gasteiger partial charge in [0.25, 0.3) is 0 Å². The number of carbonyl (C=O) groups excluding carboxylic acids is 2. The van der Waals surface area contributed by atoms with Crippen molar-refractivity contribution in [3.05, 3.63) is 40.5 Å². The van der Waals surface area contributed by atoms with Crippen molar-refractivity contribution in [1.82, 2.24) is 9.97 Å². The van der Waals surface area contributed by atoms with E-state index in [-0.39, 0.29) is 23.5 Å². The van der Waals surface area contributed by atoms with Crippen molar-refractivity contribution < 1.29 is 9.59 Å². The maximum Gasteiger partial charge on any atom is 0.234 e. The topological polar surface area (TPSA) is 84.0 Å². The highest BCUT2D eigenvalue weighted by molar-refractivity contribution is 8.00. The van der Waals surface area contributed by atoms with Crippen molar-refractivity contribution in [1.29, 1.82) is 0 Å². The molecule has 0 aliphatic carbocycles. The summed E-state index contributed by atoms with van der Waals surface area (Å²) in [7, 11) is 0. The number of hydrogen-bond acceptors (Lipinski definition) is 6. The lowest BCUT2D eigenvalue weighted by molar-refractivity contribution is -0.114. The largest absolute Gasteiger partial charge is 0.326 e. The van der Waals surface area contributed by atoms with Crippen LogP contribution in [-0.2, 0) is 9.59 Å². The molecule has 0 bridgehead atoms. The first-order chi connectivity index (χ1) is 13.7. The number of benzene rings is 1. The minimum atomic E-state index is -0.130. The van der Waals surface area contributed by atoms with E-state index < -0.39 is 0 Å². The van der Waals surface area contributed by atoms with Crippen LogP contribution in [0.5, 0.6) is 0 Å². The summed E-state index contributed by atoms with van der Waals surface area (Å²) in [6.07, 6.45) is 0. The van der Waals surface area contributed by atoms with E-state index in [1.54, 1.807) is 35.6 Å². The van der Waals surface area contributed by atoms with Gasteiger partial charge in [-0.25, -0.2) is 9.97 Å². The highest BCUT2D eigenvalue weighted by Crippen LogP contribution is 2.36. The fraction of sp³-hybridized carbons (Fsp3) is 0.333. The number of aryl methyl sites for hydroxylation is 2. The van der Waals surface area contributed by atoms with Gasteiger partial charge >= 0.3 is 0 Å². The van der Waals surface area contributed by atoms with Crippen LogP contribution in [0.4, 0.5) is 11.4 Å². The van der Waals surface area contributed by atoms with Crippen LogP contribution in [0.15, 0.2) is 29.3 Å². The fourth-order valence-electron chi connectivity index (χ4n) is 2.76. The van der Waals surface area contributed by atoms with Gasteiger partial charge in [0.15, 0.2) is 0 Å². The number of aromatic nitrogens is 2. The zero-order valence-electron chi connectivity index (χ0n) is 17.1. The number of carbonyl (C=O) groups is 2.